The predicted octanol–water partition coefficient (Wildman–Crippen LogP) is 3.00. The molecule has 0 aliphatic carbocycles. The number of hydrogen-bond donors (Lipinski definition) is 1. The number of oxime groups is 1. The van der Waals surface area contributed by atoms with E-state index >= 15 is 0 Å². The van der Waals surface area contributed by atoms with Crippen LogP contribution >= 0.6 is 0 Å². The van der Waals surface area contributed by atoms with Crippen molar-refractivity contribution in [1.82, 2.24) is 10.2 Å². The van der Waals surface area contributed by atoms with Crippen molar-refractivity contribution in [3.63, 3.8) is 0 Å². The molecule has 23 heavy (non-hydrogen) atoms. The van der Waals surface area contributed by atoms with Crippen molar-refractivity contribution in [2.45, 2.75) is 78.0 Å². The normalized spacial score (nSPS) is 35.2. The standard InChI is InChI=1S/C16H29N3O2.C2H6/c1-12-8-14(9-13(2)17-12)16-18-20-11-15(21-16)10-19-6-4-3-5-7-19;1-2/h12-15,17H,3-11H2,1-2H3;1-2H3. The van der Waals surface area contributed by atoms with E-state index < -0.39 is 0 Å². The van der Waals surface area contributed by atoms with Gasteiger partial charge in [0.05, 0.1) is 0 Å². The highest BCUT2D eigenvalue weighted by Crippen LogP contribution is 2.25. The van der Waals surface area contributed by atoms with Gasteiger partial charge in [0.2, 0.25) is 5.90 Å². The second-order valence-electron chi connectivity index (χ2n) is 6.96. The van der Waals surface area contributed by atoms with E-state index in [9.17, 15) is 0 Å². The van der Waals surface area contributed by atoms with Crippen molar-refractivity contribution < 1.29 is 9.57 Å². The van der Waals surface area contributed by atoms with Crippen molar-refractivity contribution in [3.05, 3.63) is 0 Å². The van der Waals surface area contributed by atoms with Crippen molar-refractivity contribution in [1.29, 1.82) is 0 Å². The van der Waals surface area contributed by atoms with Gasteiger partial charge in [-0.05, 0) is 52.6 Å². The fourth-order valence-corrected chi connectivity index (χ4v) is 3.87. The molecule has 0 bridgehead atoms. The minimum Gasteiger partial charge on any atom is -0.470 e. The number of ether oxygens (including phenoxy) is 1. The minimum absolute atomic E-state index is 0.149. The Hall–Kier alpha value is -0.810. The van der Waals surface area contributed by atoms with Gasteiger partial charge in [0, 0.05) is 24.5 Å². The highest BCUT2D eigenvalue weighted by molar-refractivity contribution is 5.79. The Bertz CT molecular complexity index is 359. The van der Waals surface area contributed by atoms with Crippen LogP contribution < -0.4 is 5.32 Å². The van der Waals surface area contributed by atoms with Crippen molar-refractivity contribution >= 4 is 5.90 Å². The average molecular weight is 325 g/mol. The number of nitrogens with one attached hydrogen (secondary N) is 1. The number of rotatable bonds is 3. The molecule has 3 heterocycles. The molecular weight excluding hydrogens is 290 g/mol. The van der Waals surface area contributed by atoms with Gasteiger partial charge < -0.3 is 14.9 Å². The van der Waals surface area contributed by atoms with E-state index in [1.807, 2.05) is 13.8 Å². The lowest BCUT2D eigenvalue weighted by Crippen LogP contribution is -2.47. The Morgan fingerprint density at radius 1 is 1.09 bits per heavy atom. The summed E-state index contributed by atoms with van der Waals surface area (Å²) in [6, 6.07) is 1.04. The molecule has 3 unspecified atom stereocenters. The van der Waals surface area contributed by atoms with Crippen LogP contribution in [-0.4, -0.2) is 55.2 Å². The van der Waals surface area contributed by atoms with Gasteiger partial charge in [-0.3, -0.25) is 4.90 Å². The van der Waals surface area contributed by atoms with Crippen LogP contribution in [0.3, 0.4) is 0 Å². The molecule has 0 spiro atoms. The van der Waals surface area contributed by atoms with E-state index in [2.05, 4.69) is 29.2 Å². The zero-order chi connectivity index (χ0) is 16.7. The second-order valence-corrected chi connectivity index (χ2v) is 6.96. The van der Waals surface area contributed by atoms with Crippen LogP contribution in [-0.2, 0) is 9.57 Å². The Morgan fingerprint density at radius 3 is 2.39 bits per heavy atom. The summed E-state index contributed by atoms with van der Waals surface area (Å²) in [5.74, 6) is 1.24. The van der Waals surface area contributed by atoms with Gasteiger partial charge in [-0.2, -0.15) is 0 Å². The summed E-state index contributed by atoms with van der Waals surface area (Å²) in [7, 11) is 0. The summed E-state index contributed by atoms with van der Waals surface area (Å²) >= 11 is 0. The topological polar surface area (TPSA) is 46.1 Å². The van der Waals surface area contributed by atoms with Crippen molar-refractivity contribution in [2.75, 3.05) is 26.2 Å². The van der Waals surface area contributed by atoms with Crippen LogP contribution in [0, 0.1) is 5.92 Å². The molecule has 0 amide bonds. The molecule has 5 nitrogen and oxygen atoms in total. The second kappa shape index (κ2) is 9.48. The van der Waals surface area contributed by atoms with Gasteiger partial charge in [0.25, 0.3) is 0 Å². The molecule has 3 aliphatic rings. The molecule has 0 aromatic rings. The number of piperidine rings is 2. The predicted molar refractivity (Wildman–Crippen MR) is 94.7 cm³/mol. The van der Waals surface area contributed by atoms with E-state index in [0.717, 1.165) is 25.3 Å². The Labute approximate surface area is 141 Å². The first-order valence-corrected chi connectivity index (χ1v) is 9.55. The van der Waals surface area contributed by atoms with Gasteiger partial charge in [-0.15, -0.1) is 0 Å². The molecule has 2 fully saturated rings. The SMILES string of the molecule is CC.CC1CC(C2=NOCC(CN3CCCCC3)O2)CC(C)N1. The molecule has 0 saturated carbocycles. The molecule has 0 aromatic carbocycles. The first kappa shape index (κ1) is 18.5. The minimum atomic E-state index is 0.149. The molecule has 134 valence electrons. The molecule has 0 aromatic heterocycles. The van der Waals surface area contributed by atoms with E-state index in [0.29, 0.717) is 24.6 Å². The quantitative estimate of drug-likeness (QED) is 0.866. The third-order valence-corrected chi connectivity index (χ3v) is 4.81. The number of nitrogens with zero attached hydrogens (tertiary/aromatic N) is 2. The summed E-state index contributed by atoms with van der Waals surface area (Å²) in [6.45, 7) is 12.4. The summed E-state index contributed by atoms with van der Waals surface area (Å²) in [4.78, 5) is 7.98. The van der Waals surface area contributed by atoms with Gasteiger partial charge >= 0.3 is 0 Å². The molecule has 0 radical (unpaired) electrons. The first-order valence-electron chi connectivity index (χ1n) is 9.55. The summed E-state index contributed by atoms with van der Waals surface area (Å²) in [5, 5.41) is 7.78. The molecular formula is C18H35N3O2. The van der Waals surface area contributed by atoms with Crippen LogP contribution in [0.25, 0.3) is 0 Å². The Morgan fingerprint density at radius 2 is 1.74 bits per heavy atom. The summed E-state index contributed by atoms with van der Waals surface area (Å²) in [6.07, 6.45) is 6.33. The molecule has 3 atom stereocenters. The maximum atomic E-state index is 6.18. The maximum absolute atomic E-state index is 6.18. The van der Waals surface area contributed by atoms with Crippen LogP contribution in [0.5, 0.6) is 0 Å². The molecule has 2 saturated heterocycles. The molecule has 3 rings (SSSR count). The molecule has 5 heteroatoms. The Kier molecular flexibility index (Phi) is 7.63. The van der Waals surface area contributed by atoms with Crippen LogP contribution in [0.15, 0.2) is 5.16 Å². The first-order chi connectivity index (χ1) is 11.2. The highest BCUT2D eigenvalue weighted by atomic mass is 16.7. The number of hydrogen-bond acceptors (Lipinski definition) is 5. The largest absolute Gasteiger partial charge is 0.470 e. The third-order valence-electron chi connectivity index (χ3n) is 4.81. The van der Waals surface area contributed by atoms with Crippen LogP contribution in [0.4, 0.5) is 0 Å². The van der Waals surface area contributed by atoms with Crippen molar-refractivity contribution in [3.8, 4) is 0 Å². The summed E-state index contributed by atoms with van der Waals surface area (Å²) in [5.41, 5.74) is 0. The lowest BCUT2D eigenvalue weighted by Gasteiger charge is -2.36. The van der Waals surface area contributed by atoms with Gasteiger partial charge in [-0.25, -0.2) is 0 Å². The van der Waals surface area contributed by atoms with Gasteiger partial charge in [-0.1, -0.05) is 25.4 Å². The van der Waals surface area contributed by atoms with E-state index in [1.165, 1.54) is 32.4 Å². The van der Waals surface area contributed by atoms with Gasteiger partial charge in [0.1, 0.15) is 6.10 Å². The monoisotopic (exact) mass is 325 g/mol. The fourth-order valence-electron chi connectivity index (χ4n) is 3.87. The van der Waals surface area contributed by atoms with Crippen molar-refractivity contribution in [2.24, 2.45) is 11.1 Å². The lowest BCUT2D eigenvalue weighted by molar-refractivity contribution is -0.0173. The van der Waals surface area contributed by atoms with Crippen LogP contribution in [0.1, 0.15) is 59.8 Å². The third kappa shape index (κ3) is 5.64. The Balaban J connectivity index is 0.000000924. The zero-order valence-corrected chi connectivity index (χ0v) is 15.4. The van der Waals surface area contributed by atoms with E-state index in [4.69, 9.17) is 9.57 Å². The number of likely N-dealkylation sites (tertiary alicyclic amines) is 1. The maximum Gasteiger partial charge on any atom is 0.229 e. The zero-order valence-electron chi connectivity index (χ0n) is 15.4. The van der Waals surface area contributed by atoms with Gasteiger partial charge in [0.15, 0.2) is 6.61 Å². The molecule has 1 N–H and O–H groups in total. The lowest BCUT2D eigenvalue weighted by atomic mass is 9.89. The van der Waals surface area contributed by atoms with E-state index in [1.54, 1.807) is 0 Å². The van der Waals surface area contributed by atoms with Crippen LogP contribution in [0.2, 0.25) is 0 Å². The summed E-state index contributed by atoms with van der Waals surface area (Å²) < 4.78 is 6.18. The average Bonchev–Trinajstić information content (AvgIpc) is 2.57. The highest BCUT2D eigenvalue weighted by Gasteiger charge is 2.32. The van der Waals surface area contributed by atoms with E-state index in [-0.39, 0.29) is 6.10 Å². The smallest absolute Gasteiger partial charge is 0.229 e. The fraction of sp³-hybridized carbons (Fsp3) is 0.944. The molecule has 3 aliphatic heterocycles.